The SMILES string of the molecule is CC1(C)c2cccc(P3CCC(c4ccccc4)(c4ccccc4)CC3)c2Oc2c(P3CCC(c4ccccc4)(c4ccccc4)CC3)cccc21. The minimum Gasteiger partial charge on any atom is -0.455 e. The quantitative estimate of drug-likeness (QED) is 0.156. The van der Waals surface area contributed by atoms with Gasteiger partial charge in [-0.1, -0.05) is 187 Å². The third-order valence-electron chi connectivity index (χ3n) is 12.8. The maximum Gasteiger partial charge on any atom is 0.139 e. The van der Waals surface area contributed by atoms with Crippen LogP contribution in [-0.2, 0) is 16.2 Å². The van der Waals surface area contributed by atoms with Crippen LogP contribution in [0.3, 0.4) is 0 Å². The van der Waals surface area contributed by atoms with Gasteiger partial charge in [-0.2, -0.15) is 0 Å². The Bertz CT molecular complexity index is 1910. The smallest absolute Gasteiger partial charge is 0.139 e. The van der Waals surface area contributed by atoms with Gasteiger partial charge in [-0.3, -0.25) is 0 Å². The average Bonchev–Trinajstić information content (AvgIpc) is 3.22. The molecule has 3 heterocycles. The van der Waals surface area contributed by atoms with E-state index in [-0.39, 0.29) is 32.1 Å². The Labute approximate surface area is 313 Å². The number of para-hydroxylation sites is 2. The van der Waals surface area contributed by atoms with Crippen molar-refractivity contribution in [3.8, 4) is 11.5 Å². The monoisotopic (exact) mass is 714 g/mol. The first-order valence-corrected chi connectivity index (χ1v) is 22.6. The van der Waals surface area contributed by atoms with Gasteiger partial charge in [0, 0.05) is 38.0 Å². The Morgan fingerprint density at radius 2 is 0.692 bits per heavy atom. The van der Waals surface area contributed by atoms with Gasteiger partial charge in [0.15, 0.2) is 0 Å². The highest BCUT2D eigenvalue weighted by Gasteiger charge is 2.44. The molecule has 260 valence electrons. The molecule has 0 atom stereocenters. The van der Waals surface area contributed by atoms with Crippen LogP contribution in [-0.4, -0.2) is 24.6 Å². The molecule has 9 rings (SSSR count). The van der Waals surface area contributed by atoms with E-state index in [1.165, 1.54) is 80.1 Å². The molecular weight excluding hydrogens is 666 g/mol. The first-order chi connectivity index (χ1) is 25.5. The second kappa shape index (κ2) is 13.8. The Morgan fingerprint density at radius 3 is 1.00 bits per heavy atom. The predicted molar refractivity (Wildman–Crippen MR) is 223 cm³/mol. The second-order valence-electron chi connectivity index (χ2n) is 15.6. The van der Waals surface area contributed by atoms with Gasteiger partial charge < -0.3 is 4.74 Å². The van der Waals surface area contributed by atoms with E-state index in [9.17, 15) is 0 Å². The Balaban J connectivity index is 1.03. The zero-order chi connectivity index (χ0) is 35.2. The summed E-state index contributed by atoms with van der Waals surface area (Å²) < 4.78 is 7.36. The van der Waals surface area contributed by atoms with E-state index in [2.05, 4.69) is 172 Å². The van der Waals surface area contributed by atoms with Crippen molar-refractivity contribution in [2.75, 3.05) is 24.6 Å². The van der Waals surface area contributed by atoms with E-state index >= 15 is 0 Å². The topological polar surface area (TPSA) is 9.23 Å². The molecule has 6 aromatic carbocycles. The van der Waals surface area contributed by atoms with Crippen molar-refractivity contribution < 1.29 is 4.74 Å². The summed E-state index contributed by atoms with van der Waals surface area (Å²) >= 11 is 0. The van der Waals surface area contributed by atoms with E-state index < -0.39 is 0 Å². The lowest BCUT2D eigenvalue weighted by Crippen LogP contribution is -2.36. The Hall–Kier alpha value is -4.02. The van der Waals surface area contributed by atoms with Crippen LogP contribution in [0, 0.1) is 0 Å². The Kier molecular flexibility index (Phi) is 8.94. The molecule has 0 N–H and O–H groups in total. The van der Waals surface area contributed by atoms with Gasteiger partial charge in [-0.25, -0.2) is 0 Å². The fraction of sp³-hybridized carbons (Fsp3) is 0.265. The molecule has 1 nitrogen and oxygen atoms in total. The summed E-state index contributed by atoms with van der Waals surface area (Å²) in [4.78, 5) is 0. The van der Waals surface area contributed by atoms with Crippen molar-refractivity contribution in [1.82, 2.24) is 0 Å². The molecule has 0 saturated carbocycles. The highest BCUT2D eigenvalue weighted by Crippen LogP contribution is 2.58. The van der Waals surface area contributed by atoms with Crippen LogP contribution in [0.2, 0.25) is 0 Å². The van der Waals surface area contributed by atoms with Gasteiger partial charge in [0.1, 0.15) is 11.5 Å². The first kappa shape index (κ1) is 33.8. The summed E-state index contributed by atoms with van der Waals surface area (Å²) in [6, 6.07) is 59.3. The third kappa shape index (κ3) is 5.68. The minimum atomic E-state index is -0.360. The minimum absolute atomic E-state index is 0.0639. The van der Waals surface area contributed by atoms with Gasteiger partial charge in [0.25, 0.3) is 0 Å². The van der Waals surface area contributed by atoms with Crippen LogP contribution in [0.4, 0.5) is 0 Å². The third-order valence-corrected chi connectivity index (χ3v) is 17.9. The molecule has 3 heteroatoms. The lowest BCUT2D eigenvalue weighted by atomic mass is 9.70. The zero-order valence-electron chi connectivity index (χ0n) is 30.5. The van der Waals surface area contributed by atoms with E-state index in [1.54, 1.807) is 0 Å². The molecule has 0 spiro atoms. The van der Waals surface area contributed by atoms with Gasteiger partial charge in [-0.05, 0) is 72.6 Å². The molecule has 2 saturated heterocycles. The van der Waals surface area contributed by atoms with E-state index in [1.807, 2.05) is 0 Å². The molecule has 0 bridgehead atoms. The van der Waals surface area contributed by atoms with Crippen LogP contribution in [0.5, 0.6) is 11.5 Å². The van der Waals surface area contributed by atoms with Crippen LogP contribution >= 0.6 is 15.8 Å². The number of ether oxygens (including phenoxy) is 1. The highest BCUT2D eigenvalue weighted by atomic mass is 31.1. The van der Waals surface area contributed by atoms with Crippen molar-refractivity contribution in [3.05, 3.63) is 191 Å². The van der Waals surface area contributed by atoms with Crippen molar-refractivity contribution in [2.45, 2.75) is 55.8 Å². The second-order valence-corrected chi connectivity index (χ2v) is 20.5. The highest BCUT2D eigenvalue weighted by molar-refractivity contribution is 7.66. The van der Waals surface area contributed by atoms with E-state index in [4.69, 9.17) is 4.74 Å². The summed E-state index contributed by atoms with van der Waals surface area (Å²) in [7, 11) is -0.719. The molecule has 0 unspecified atom stereocenters. The fourth-order valence-corrected chi connectivity index (χ4v) is 15.3. The van der Waals surface area contributed by atoms with Crippen LogP contribution < -0.4 is 15.3 Å². The normalized spacial score (nSPS) is 19.2. The molecule has 2 fully saturated rings. The Morgan fingerprint density at radius 1 is 0.385 bits per heavy atom. The lowest BCUT2D eigenvalue weighted by molar-refractivity contribution is 0.424. The molecule has 52 heavy (non-hydrogen) atoms. The number of benzene rings is 6. The van der Waals surface area contributed by atoms with Crippen LogP contribution in [0.1, 0.15) is 72.9 Å². The van der Waals surface area contributed by atoms with E-state index in [0.29, 0.717) is 0 Å². The van der Waals surface area contributed by atoms with Gasteiger partial charge in [0.2, 0.25) is 0 Å². The zero-order valence-corrected chi connectivity index (χ0v) is 32.3. The number of fused-ring (bicyclic) bond motifs is 2. The molecule has 0 amide bonds. The molecular formula is C49H48OP2. The van der Waals surface area contributed by atoms with Gasteiger partial charge in [-0.15, -0.1) is 0 Å². The number of hydrogen-bond donors (Lipinski definition) is 0. The maximum atomic E-state index is 7.36. The van der Waals surface area contributed by atoms with Gasteiger partial charge >= 0.3 is 0 Å². The largest absolute Gasteiger partial charge is 0.455 e. The number of hydrogen-bond acceptors (Lipinski definition) is 1. The first-order valence-electron chi connectivity index (χ1n) is 19.2. The number of rotatable bonds is 6. The summed E-state index contributed by atoms with van der Waals surface area (Å²) in [5.74, 6) is 2.33. The van der Waals surface area contributed by atoms with Crippen LogP contribution in [0.25, 0.3) is 0 Å². The molecule has 0 aromatic heterocycles. The summed E-state index contributed by atoms with van der Waals surface area (Å²) in [5.41, 5.74) is 8.54. The average molecular weight is 715 g/mol. The standard InChI is InChI=1S/C49H48OP2/c1-47(2)41-25-15-27-43(51-33-29-48(30-34-51,37-17-7-3-8-18-37)38-19-9-4-10-20-38)45(41)50-46-42(47)26-16-28-44(46)52-35-31-49(32-36-52,39-21-11-5-12-22-39)40-23-13-6-14-24-40/h3-28H,29-36H2,1-2H3. The van der Waals surface area contributed by atoms with Crippen molar-refractivity contribution in [3.63, 3.8) is 0 Å². The summed E-state index contributed by atoms with van der Waals surface area (Å²) in [6.45, 7) is 4.85. The molecule has 3 aliphatic heterocycles. The lowest BCUT2D eigenvalue weighted by Gasteiger charge is -2.44. The van der Waals surface area contributed by atoms with Crippen molar-refractivity contribution >= 4 is 26.5 Å². The summed E-state index contributed by atoms with van der Waals surface area (Å²) in [5, 5.41) is 2.94. The predicted octanol–water partition coefficient (Wildman–Crippen LogP) is 11.9. The van der Waals surface area contributed by atoms with E-state index in [0.717, 1.165) is 25.7 Å². The fourth-order valence-electron chi connectivity index (χ4n) is 9.77. The van der Waals surface area contributed by atoms with Crippen molar-refractivity contribution in [1.29, 1.82) is 0 Å². The molecule has 0 radical (unpaired) electrons. The molecule has 0 aliphatic carbocycles. The van der Waals surface area contributed by atoms with Gasteiger partial charge in [0.05, 0.1) is 0 Å². The summed E-state index contributed by atoms with van der Waals surface area (Å²) in [6.07, 6.45) is 9.50. The maximum absolute atomic E-state index is 7.36. The van der Waals surface area contributed by atoms with Crippen LogP contribution in [0.15, 0.2) is 158 Å². The molecule has 3 aliphatic rings. The van der Waals surface area contributed by atoms with Crippen molar-refractivity contribution in [2.24, 2.45) is 0 Å². The molecule has 6 aromatic rings.